The number of aliphatic hydroxyl groups excluding tert-OH is 1. The summed E-state index contributed by atoms with van der Waals surface area (Å²) in [7, 11) is 1.48. The molecule has 0 spiro atoms. The first-order valence-electron chi connectivity index (χ1n) is 6.79. The fraction of sp³-hybridized carbons (Fsp3) is 0.615. The van der Waals surface area contributed by atoms with Gasteiger partial charge in [0.2, 0.25) is 0 Å². The molecule has 2 N–H and O–H groups in total. The zero-order valence-corrected chi connectivity index (χ0v) is 11.4. The Morgan fingerprint density at radius 1 is 1.40 bits per heavy atom. The molecule has 1 heterocycles. The summed E-state index contributed by atoms with van der Waals surface area (Å²) in [5.41, 5.74) is 0.230. The molecule has 1 saturated carbocycles. The molecule has 1 aromatic rings. The lowest BCUT2D eigenvalue weighted by molar-refractivity contribution is -0.391. The molecule has 0 radical (unpaired) electrons. The van der Waals surface area contributed by atoms with Crippen LogP contribution in [0.15, 0.2) is 12.1 Å². The number of carbonyl (C=O) groups is 1. The highest BCUT2D eigenvalue weighted by Crippen LogP contribution is 2.19. The van der Waals surface area contributed by atoms with E-state index in [2.05, 4.69) is 5.32 Å². The van der Waals surface area contributed by atoms with Gasteiger partial charge in [-0.3, -0.25) is 4.79 Å². The minimum absolute atomic E-state index is 0.128. The summed E-state index contributed by atoms with van der Waals surface area (Å²) in [6.07, 6.45) is 3.85. The Labute approximate surface area is 116 Å². The maximum atomic E-state index is 12.2. The number of hydrogen-bond donors (Lipinski definition) is 2. The topological polar surface area (TPSA) is 97.4 Å². The molecule has 2 atom stereocenters. The highest BCUT2D eigenvalue weighted by molar-refractivity contribution is 5.93. The lowest BCUT2D eigenvalue weighted by Crippen LogP contribution is -2.43. The van der Waals surface area contributed by atoms with Crippen LogP contribution in [0.3, 0.4) is 0 Å². The summed E-state index contributed by atoms with van der Waals surface area (Å²) in [6, 6.07) is 2.45. The summed E-state index contributed by atoms with van der Waals surface area (Å²) in [5.74, 6) is -0.511. The number of nitrogens with one attached hydrogen (secondary N) is 1. The van der Waals surface area contributed by atoms with Gasteiger partial charge < -0.3 is 20.5 Å². The summed E-state index contributed by atoms with van der Waals surface area (Å²) in [4.78, 5) is 22.4. The third-order valence-corrected chi connectivity index (χ3v) is 3.81. The second kappa shape index (κ2) is 6.04. The van der Waals surface area contributed by atoms with Gasteiger partial charge in [0.05, 0.1) is 19.2 Å². The molecule has 1 aliphatic rings. The van der Waals surface area contributed by atoms with Crippen LogP contribution in [0, 0.1) is 10.1 Å². The smallest absolute Gasteiger partial charge is 0.323 e. The second-order valence-corrected chi connectivity index (χ2v) is 5.18. The zero-order valence-electron chi connectivity index (χ0n) is 11.4. The van der Waals surface area contributed by atoms with Crippen LogP contribution in [0.1, 0.15) is 42.6 Å². The summed E-state index contributed by atoms with van der Waals surface area (Å²) < 4.78 is 1.25. The minimum Gasteiger partial charge on any atom is -0.391 e. The van der Waals surface area contributed by atoms with Crippen molar-refractivity contribution in [1.82, 2.24) is 9.88 Å². The van der Waals surface area contributed by atoms with Gasteiger partial charge in [-0.1, -0.05) is 19.3 Å². The second-order valence-electron chi connectivity index (χ2n) is 5.18. The van der Waals surface area contributed by atoms with Crippen LogP contribution in [0.4, 0.5) is 5.82 Å². The fourth-order valence-electron chi connectivity index (χ4n) is 2.61. The molecule has 0 bridgehead atoms. The Hall–Kier alpha value is -1.89. The predicted octanol–water partition coefficient (Wildman–Crippen LogP) is 1.36. The van der Waals surface area contributed by atoms with Gasteiger partial charge in [-0.15, -0.1) is 0 Å². The van der Waals surface area contributed by atoms with Crippen LogP contribution >= 0.6 is 0 Å². The maximum Gasteiger partial charge on any atom is 0.323 e. The van der Waals surface area contributed by atoms with Crippen molar-refractivity contribution in [3.8, 4) is 0 Å². The van der Waals surface area contributed by atoms with Gasteiger partial charge in [0.1, 0.15) is 0 Å². The van der Waals surface area contributed by atoms with Gasteiger partial charge in [0.15, 0.2) is 5.69 Å². The predicted molar refractivity (Wildman–Crippen MR) is 72.4 cm³/mol. The van der Waals surface area contributed by atoms with Crippen molar-refractivity contribution >= 4 is 11.7 Å². The third-order valence-electron chi connectivity index (χ3n) is 3.81. The standard InChI is InChI=1S/C13H19N3O4/c1-15-10(7-8-12(15)16(19)20)13(18)14-9-5-3-2-4-6-11(9)17/h7-9,11,17H,2-6H2,1H3,(H,14,18). The SMILES string of the molecule is Cn1c(C(=O)NC2CCCCCC2O)ccc1[N+](=O)[O-]. The molecule has 0 aromatic carbocycles. The van der Waals surface area contributed by atoms with Crippen LogP contribution in [-0.2, 0) is 7.05 Å². The zero-order chi connectivity index (χ0) is 14.7. The van der Waals surface area contributed by atoms with Gasteiger partial charge in [-0.25, -0.2) is 4.57 Å². The van der Waals surface area contributed by atoms with Crippen LogP contribution in [0.5, 0.6) is 0 Å². The van der Waals surface area contributed by atoms with Gasteiger partial charge in [0, 0.05) is 6.07 Å². The van der Waals surface area contributed by atoms with E-state index in [1.807, 2.05) is 0 Å². The first-order valence-corrected chi connectivity index (χ1v) is 6.79. The van der Waals surface area contributed by atoms with E-state index in [1.54, 1.807) is 0 Å². The Morgan fingerprint density at radius 3 is 2.75 bits per heavy atom. The minimum atomic E-state index is -0.545. The van der Waals surface area contributed by atoms with E-state index < -0.39 is 11.0 Å². The van der Waals surface area contributed by atoms with Gasteiger partial charge in [-0.2, -0.15) is 0 Å². The van der Waals surface area contributed by atoms with Crippen molar-refractivity contribution in [1.29, 1.82) is 0 Å². The first-order chi connectivity index (χ1) is 9.50. The molecule has 2 rings (SSSR count). The van der Waals surface area contributed by atoms with Crippen molar-refractivity contribution < 1.29 is 14.8 Å². The van der Waals surface area contributed by atoms with E-state index >= 15 is 0 Å². The molecule has 1 aliphatic carbocycles. The Kier molecular flexibility index (Phi) is 4.39. The van der Waals surface area contributed by atoms with Gasteiger partial charge in [-0.05, 0) is 23.8 Å². The molecule has 2 unspecified atom stereocenters. The maximum absolute atomic E-state index is 12.2. The lowest BCUT2D eigenvalue weighted by atomic mass is 10.1. The molecule has 0 saturated heterocycles. The number of aliphatic hydroxyl groups is 1. The Morgan fingerprint density at radius 2 is 2.10 bits per heavy atom. The van der Waals surface area contributed by atoms with Crippen molar-refractivity contribution in [2.24, 2.45) is 7.05 Å². The average molecular weight is 281 g/mol. The van der Waals surface area contributed by atoms with Gasteiger partial charge in [0.25, 0.3) is 5.91 Å². The monoisotopic (exact) mass is 281 g/mol. The van der Waals surface area contributed by atoms with Crippen LogP contribution in [0.2, 0.25) is 0 Å². The first kappa shape index (κ1) is 14.5. The third kappa shape index (κ3) is 2.98. The van der Waals surface area contributed by atoms with Crippen molar-refractivity contribution in [3.63, 3.8) is 0 Å². The van der Waals surface area contributed by atoms with Crippen molar-refractivity contribution in [3.05, 3.63) is 27.9 Å². The molecule has 0 aliphatic heterocycles. The molecule has 1 fully saturated rings. The van der Waals surface area contributed by atoms with Crippen LogP contribution < -0.4 is 5.32 Å². The molecule has 110 valence electrons. The van der Waals surface area contributed by atoms with E-state index in [0.717, 1.165) is 25.7 Å². The molecule has 1 aromatic heterocycles. The largest absolute Gasteiger partial charge is 0.391 e. The number of carbonyl (C=O) groups excluding carboxylic acids is 1. The van der Waals surface area contributed by atoms with E-state index in [4.69, 9.17) is 0 Å². The van der Waals surface area contributed by atoms with Crippen molar-refractivity contribution in [2.45, 2.75) is 44.2 Å². The summed E-state index contributed by atoms with van der Waals surface area (Å²) in [6.45, 7) is 0. The normalized spacial score (nSPS) is 23.1. The fourth-order valence-corrected chi connectivity index (χ4v) is 2.61. The molecule has 7 nitrogen and oxygen atoms in total. The number of nitrogens with zero attached hydrogens (tertiary/aromatic N) is 2. The Bertz CT molecular complexity index is 512. The highest BCUT2D eigenvalue weighted by atomic mass is 16.6. The quantitative estimate of drug-likeness (QED) is 0.496. The van der Waals surface area contributed by atoms with Crippen LogP contribution in [0.25, 0.3) is 0 Å². The van der Waals surface area contributed by atoms with E-state index in [0.29, 0.717) is 6.42 Å². The molecule has 1 amide bonds. The van der Waals surface area contributed by atoms with Gasteiger partial charge >= 0.3 is 5.82 Å². The van der Waals surface area contributed by atoms with E-state index in [1.165, 1.54) is 23.7 Å². The molecule has 7 heteroatoms. The number of nitro groups is 1. The summed E-state index contributed by atoms with van der Waals surface area (Å²) >= 11 is 0. The Balaban J connectivity index is 2.09. The number of rotatable bonds is 3. The van der Waals surface area contributed by atoms with E-state index in [-0.39, 0.29) is 23.5 Å². The van der Waals surface area contributed by atoms with Crippen molar-refractivity contribution in [2.75, 3.05) is 0 Å². The molecular weight excluding hydrogens is 262 g/mol. The highest BCUT2D eigenvalue weighted by Gasteiger charge is 2.27. The number of amides is 1. The lowest BCUT2D eigenvalue weighted by Gasteiger charge is -2.21. The van der Waals surface area contributed by atoms with E-state index in [9.17, 15) is 20.0 Å². The molecule has 20 heavy (non-hydrogen) atoms. The molecular formula is C13H19N3O4. The number of hydrogen-bond acceptors (Lipinski definition) is 4. The number of aromatic nitrogens is 1. The average Bonchev–Trinajstić information content (AvgIpc) is 2.67. The van der Waals surface area contributed by atoms with Crippen LogP contribution in [-0.4, -0.2) is 32.6 Å². The summed E-state index contributed by atoms with van der Waals surface area (Å²) in [5, 5.41) is 23.5.